The Morgan fingerprint density at radius 3 is 1.68 bits per heavy atom. The van der Waals surface area contributed by atoms with Crippen molar-refractivity contribution >= 4 is 58.2 Å². The molecule has 3 rings (SSSR count). The van der Waals surface area contributed by atoms with Gasteiger partial charge in [-0.25, -0.2) is 0 Å². The minimum absolute atomic E-state index is 0.238. The topological polar surface area (TPSA) is 214 Å². The van der Waals surface area contributed by atoms with Crippen molar-refractivity contribution in [3.8, 4) is 0 Å². The van der Waals surface area contributed by atoms with E-state index in [2.05, 4.69) is 10.2 Å². The van der Waals surface area contributed by atoms with Gasteiger partial charge in [0.15, 0.2) is 0 Å². The lowest BCUT2D eigenvalue weighted by molar-refractivity contribution is 0.480. The zero-order valence-electron chi connectivity index (χ0n) is 15.1. The Hall–Kier alpha value is -2.95. The van der Waals surface area contributed by atoms with Crippen molar-refractivity contribution < 1.29 is 38.9 Å². The Balaban J connectivity index is 2.44. The molecule has 0 amide bonds. The summed E-state index contributed by atoms with van der Waals surface area (Å²) in [7, 11) is -14.9. The highest BCUT2D eigenvalue weighted by Gasteiger charge is 2.24. The molecule has 0 aromatic heterocycles. The largest absolute Gasteiger partial charge is 0.399 e. The van der Waals surface area contributed by atoms with Crippen molar-refractivity contribution in [3.63, 3.8) is 0 Å². The second-order valence-electron chi connectivity index (χ2n) is 6.18. The van der Waals surface area contributed by atoms with E-state index >= 15 is 0 Å². The highest BCUT2D eigenvalue weighted by Crippen LogP contribution is 2.37. The van der Waals surface area contributed by atoms with Crippen LogP contribution in [0.5, 0.6) is 0 Å². The number of azo groups is 1. The third kappa shape index (κ3) is 5.04. The summed E-state index contributed by atoms with van der Waals surface area (Å²) in [5.74, 6) is 0. The molecule has 0 aliphatic carbocycles. The first-order valence-corrected chi connectivity index (χ1v) is 12.3. The summed E-state index contributed by atoms with van der Waals surface area (Å²) in [5, 5.41) is 6.84. The van der Waals surface area contributed by atoms with Crippen LogP contribution in [0.15, 0.2) is 73.4 Å². The van der Waals surface area contributed by atoms with Crippen LogP contribution in [0, 0.1) is 0 Å². The van der Waals surface area contributed by atoms with Gasteiger partial charge in [-0.15, -0.1) is 5.11 Å². The molecular weight excluding hydrogens is 474 g/mol. The number of benzene rings is 3. The maximum atomic E-state index is 11.9. The molecule has 0 bridgehead atoms. The average Bonchev–Trinajstić information content (AvgIpc) is 2.64. The SMILES string of the molecule is Nc1ccc(N=Nc2cc(S(=O)(=O)O)cc3cc(S(=O)(=O)O)cc(S(=O)(=O)O)c23)cc1. The fraction of sp³-hybridized carbons (Fsp3) is 0. The summed E-state index contributed by atoms with van der Waals surface area (Å²) >= 11 is 0. The van der Waals surface area contributed by atoms with Crippen molar-refractivity contribution in [2.24, 2.45) is 10.2 Å². The van der Waals surface area contributed by atoms with Gasteiger partial charge in [0.1, 0.15) is 4.90 Å². The highest BCUT2D eigenvalue weighted by molar-refractivity contribution is 7.87. The first-order valence-electron chi connectivity index (χ1n) is 7.98. The van der Waals surface area contributed by atoms with Crippen LogP contribution >= 0.6 is 0 Å². The van der Waals surface area contributed by atoms with Gasteiger partial charge < -0.3 is 5.73 Å². The normalized spacial score (nSPS) is 13.1. The first-order chi connectivity index (χ1) is 14.2. The lowest BCUT2D eigenvalue weighted by Gasteiger charge is -2.10. The van der Waals surface area contributed by atoms with E-state index in [1.54, 1.807) is 0 Å². The van der Waals surface area contributed by atoms with E-state index in [4.69, 9.17) is 5.73 Å². The number of nitrogens with zero attached hydrogens (tertiary/aromatic N) is 2. The van der Waals surface area contributed by atoms with Crippen molar-refractivity contribution in [3.05, 3.63) is 48.5 Å². The van der Waals surface area contributed by atoms with Crippen molar-refractivity contribution in [2.75, 3.05) is 5.73 Å². The van der Waals surface area contributed by atoms with Gasteiger partial charge in [-0.1, -0.05) is 0 Å². The molecule has 0 radical (unpaired) electrons. The van der Waals surface area contributed by atoms with Gasteiger partial charge in [-0.3, -0.25) is 13.7 Å². The van der Waals surface area contributed by atoms with Crippen LogP contribution in [-0.4, -0.2) is 38.9 Å². The first kappa shape index (κ1) is 22.7. The molecule has 0 aliphatic rings. The fourth-order valence-electron chi connectivity index (χ4n) is 2.63. The number of anilines is 1. The summed E-state index contributed by atoms with van der Waals surface area (Å²) in [4.78, 5) is -2.69. The Labute approximate surface area is 176 Å². The number of rotatable bonds is 5. The van der Waals surface area contributed by atoms with Gasteiger partial charge in [0, 0.05) is 11.1 Å². The molecule has 5 N–H and O–H groups in total. The third-order valence-corrected chi connectivity index (χ3v) is 6.52. The zero-order chi connectivity index (χ0) is 23.2. The van der Waals surface area contributed by atoms with E-state index < -0.39 is 56.1 Å². The Morgan fingerprint density at radius 1 is 0.677 bits per heavy atom. The Bertz CT molecular complexity index is 1540. The molecule has 0 spiro atoms. The molecule has 0 heterocycles. The number of nitrogen functional groups attached to an aromatic ring is 1. The molecule has 0 saturated carbocycles. The van der Waals surface area contributed by atoms with Crippen LogP contribution in [0.2, 0.25) is 0 Å². The summed E-state index contributed by atoms with van der Waals surface area (Å²) < 4.78 is 98.4. The number of hydrogen-bond donors (Lipinski definition) is 4. The average molecular weight is 487 g/mol. The summed E-state index contributed by atoms with van der Waals surface area (Å²) in [6.45, 7) is 0. The minimum Gasteiger partial charge on any atom is -0.399 e. The Kier molecular flexibility index (Phi) is 5.59. The molecule has 3 aromatic rings. The number of fused-ring (bicyclic) bond motifs is 1. The molecule has 0 saturated heterocycles. The van der Waals surface area contributed by atoms with Crippen LogP contribution in [-0.2, 0) is 30.4 Å². The van der Waals surface area contributed by atoms with Crippen molar-refractivity contribution in [2.45, 2.75) is 14.7 Å². The molecule has 12 nitrogen and oxygen atoms in total. The molecule has 0 atom stereocenters. The van der Waals surface area contributed by atoms with Crippen LogP contribution in [0.3, 0.4) is 0 Å². The van der Waals surface area contributed by atoms with Gasteiger partial charge in [0.05, 0.1) is 21.2 Å². The lowest BCUT2D eigenvalue weighted by atomic mass is 10.1. The van der Waals surface area contributed by atoms with Crippen LogP contribution in [0.1, 0.15) is 0 Å². The van der Waals surface area contributed by atoms with Crippen molar-refractivity contribution in [1.82, 2.24) is 0 Å². The molecule has 0 fully saturated rings. The van der Waals surface area contributed by atoms with E-state index in [0.717, 1.165) is 18.2 Å². The zero-order valence-corrected chi connectivity index (χ0v) is 17.6. The molecule has 0 unspecified atom stereocenters. The predicted octanol–water partition coefficient (Wildman–Crippen LogP) is 2.58. The van der Waals surface area contributed by atoms with Crippen LogP contribution < -0.4 is 5.73 Å². The van der Waals surface area contributed by atoms with Gasteiger partial charge in [-0.2, -0.15) is 30.4 Å². The van der Waals surface area contributed by atoms with E-state index in [1.165, 1.54) is 24.3 Å². The standard InChI is InChI=1S/C16H13N3O9S3/c17-10-1-3-11(4-2-10)18-19-14-7-12(29(20,21)22)5-9-6-13(30(23,24)25)8-15(16(9)14)31(26,27)28/h1-8H,17H2,(H,20,21,22)(H,23,24,25)(H,26,27,28). The lowest BCUT2D eigenvalue weighted by Crippen LogP contribution is -2.05. The molecular formula is C16H13N3O9S3. The molecule has 3 aromatic carbocycles. The number of hydrogen-bond acceptors (Lipinski definition) is 9. The fourth-order valence-corrected chi connectivity index (χ4v) is 4.54. The predicted molar refractivity (Wildman–Crippen MR) is 108 cm³/mol. The summed E-state index contributed by atoms with van der Waals surface area (Å²) in [5.41, 5.74) is 5.79. The third-order valence-electron chi connectivity index (χ3n) is 3.98. The van der Waals surface area contributed by atoms with Crippen LogP contribution in [0.4, 0.5) is 17.1 Å². The second kappa shape index (κ2) is 7.63. The Morgan fingerprint density at radius 2 is 1.19 bits per heavy atom. The summed E-state index contributed by atoms with van der Waals surface area (Å²) in [6, 6.07) is 8.63. The quantitative estimate of drug-likeness (QED) is 0.234. The van der Waals surface area contributed by atoms with Gasteiger partial charge in [-0.05, 0) is 53.9 Å². The van der Waals surface area contributed by atoms with E-state index in [0.29, 0.717) is 11.8 Å². The molecule has 31 heavy (non-hydrogen) atoms. The van der Waals surface area contributed by atoms with E-state index in [-0.39, 0.29) is 11.1 Å². The highest BCUT2D eigenvalue weighted by atomic mass is 32.2. The maximum absolute atomic E-state index is 11.9. The molecule has 164 valence electrons. The molecule has 15 heteroatoms. The van der Waals surface area contributed by atoms with Crippen molar-refractivity contribution in [1.29, 1.82) is 0 Å². The number of nitrogens with two attached hydrogens (primary N) is 1. The van der Waals surface area contributed by atoms with Gasteiger partial charge >= 0.3 is 0 Å². The second-order valence-corrected chi connectivity index (χ2v) is 10.4. The minimum atomic E-state index is -5.08. The molecule has 0 aliphatic heterocycles. The van der Waals surface area contributed by atoms with E-state index in [9.17, 15) is 38.9 Å². The summed E-state index contributed by atoms with van der Waals surface area (Å²) in [6.07, 6.45) is 0. The monoisotopic (exact) mass is 487 g/mol. The van der Waals surface area contributed by atoms with Crippen LogP contribution in [0.25, 0.3) is 10.8 Å². The van der Waals surface area contributed by atoms with Gasteiger partial charge in [0.2, 0.25) is 0 Å². The maximum Gasteiger partial charge on any atom is 0.295 e. The smallest absolute Gasteiger partial charge is 0.295 e. The van der Waals surface area contributed by atoms with Gasteiger partial charge in [0.25, 0.3) is 30.4 Å². The van der Waals surface area contributed by atoms with E-state index in [1.807, 2.05) is 0 Å².